The summed E-state index contributed by atoms with van der Waals surface area (Å²) in [6.07, 6.45) is 3.93. The maximum Gasteiger partial charge on any atom is 0.150 e. The van der Waals surface area contributed by atoms with Gasteiger partial charge in [0.05, 0.1) is 5.52 Å². The number of carbonyl (C=O) groups excluding carboxylic acids is 1. The summed E-state index contributed by atoms with van der Waals surface area (Å²) in [4.78, 5) is 17.6. The second-order valence-corrected chi connectivity index (χ2v) is 5.77. The summed E-state index contributed by atoms with van der Waals surface area (Å²) in [5.41, 5.74) is 4.88. The molecule has 2 heterocycles. The minimum atomic E-state index is 0.676. The van der Waals surface area contributed by atoms with E-state index in [4.69, 9.17) is 0 Å². The quantitative estimate of drug-likeness (QED) is 0.740. The molecule has 1 aliphatic rings. The van der Waals surface area contributed by atoms with Gasteiger partial charge in [-0.3, -0.25) is 9.78 Å². The van der Waals surface area contributed by atoms with Gasteiger partial charge in [0.15, 0.2) is 0 Å². The fraction of sp³-hybridized carbons (Fsp3) is 0.158. The molecular weight excluding hydrogens is 286 g/mol. The SMILES string of the molecule is O=Cc1ccc(Nc2ccnc3ccc(N4CCC4)cc23)cc1. The first-order valence-corrected chi connectivity index (χ1v) is 7.79. The van der Waals surface area contributed by atoms with Crippen LogP contribution < -0.4 is 10.2 Å². The van der Waals surface area contributed by atoms with E-state index < -0.39 is 0 Å². The molecule has 1 saturated heterocycles. The van der Waals surface area contributed by atoms with Gasteiger partial charge in [0.2, 0.25) is 0 Å². The molecule has 1 N–H and O–H groups in total. The van der Waals surface area contributed by atoms with Crippen LogP contribution >= 0.6 is 0 Å². The van der Waals surface area contributed by atoms with E-state index in [9.17, 15) is 4.79 Å². The first-order chi connectivity index (χ1) is 11.3. The summed E-state index contributed by atoms with van der Waals surface area (Å²) in [7, 11) is 0. The Morgan fingerprint density at radius 1 is 1.04 bits per heavy atom. The third-order valence-electron chi connectivity index (χ3n) is 4.27. The Balaban J connectivity index is 1.71. The standard InChI is InChI=1S/C19H17N3O/c23-13-14-2-4-15(5-3-14)21-19-8-9-20-18-7-6-16(12-17(18)19)22-10-1-11-22/h2-9,12-13H,1,10-11H2,(H,20,21). The number of aldehydes is 1. The second-order valence-electron chi connectivity index (χ2n) is 5.77. The molecule has 0 spiro atoms. The number of anilines is 3. The highest BCUT2D eigenvalue weighted by Gasteiger charge is 2.15. The van der Waals surface area contributed by atoms with Gasteiger partial charge in [-0.2, -0.15) is 0 Å². The van der Waals surface area contributed by atoms with Crippen molar-refractivity contribution in [2.75, 3.05) is 23.3 Å². The van der Waals surface area contributed by atoms with Crippen LogP contribution in [0.3, 0.4) is 0 Å². The van der Waals surface area contributed by atoms with Crippen LogP contribution in [0.2, 0.25) is 0 Å². The Labute approximate surface area is 134 Å². The van der Waals surface area contributed by atoms with Crippen LogP contribution in [0, 0.1) is 0 Å². The number of benzene rings is 2. The largest absolute Gasteiger partial charge is 0.371 e. The van der Waals surface area contributed by atoms with Crippen molar-refractivity contribution in [1.29, 1.82) is 0 Å². The van der Waals surface area contributed by atoms with E-state index in [-0.39, 0.29) is 0 Å². The smallest absolute Gasteiger partial charge is 0.150 e. The summed E-state index contributed by atoms with van der Waals surface area (Å²) in [5.74, 6) is 0. The maximum atomic E-state index is 10.8. The van der Waals surface area contributed by atoms with Crippen molar-refractivity contribution in [3.63, 3.8) is 0 Å². The molecule has 1 aliphatic heterocycles. The lowest BCUT2D eigenvalue weighted by atomic mass is 10.1. The number of carbonyl (C=O) groups is 1. The zero-order chi connectivity index (χ0) is 15.6. The van der Waals surface area contributed by atoms with Crippen molar-refractivity contribution in [2.45, 2.75) is 6.42 Å². The maximum absolute atomic E-state index is 10.8. The monoisotopic (exact) mass is 303 g/mol. The lowest BCUT2D eigenvalue weighted by molar-refractivity contribution is 0.112. The van der Waals surface area contributed by atoms with Gasteiger partial charge < -0.3 is 10.2 Å². The summed E-state index contributed by atoms with van der Waals surface area (Å²) in [6.45, 7) is 2.25. The molecule has 0 aliphatic carbocycles. The third kappa shape index (κ3) is 2.63. The first kappa shape index (κ1) is 13.8. The molecule has 0 bridgehead atoms. The molecule has 23 heavy (non-hydrogen) atoms. The van der Waals surface area contributed by atoms with E-state index in [1.54, 1.807) is 0 Å². The van der Waals surface area contributed by atoms with Gasteiger partial charge in [0.1, 0.15) is 6.29 Å². The van der Waals surface area contributed by atoms with E-state index in [0.29, 0.717) is 5.56 Å². The Morgan fingerprint density at radius 2 is 1.87 bits per heavy atom. The topological polar surface area (TPSA) is 45.2 Å². The van der Waals surface area contributed by atoms with Gasteiger partial charge in [-0.25, -0.2) is 0 Å². The number of pyridine rings is 1. The van der Waals surface area contributed by atoms with Crippen LogP contribution in [-0.4, -0.2) is 24.4 Å². The molecule has 4 nitrogen and oxygen atoms in total. The van der Waals surface area contributed by atoms with Crippen molar-refractivity contribution < 1.29 is 4.79 Å². The first-order valence-electron chi connectivity index (χ1n) is 7.79. The van der Waals surface area contributed by atoms with Gasteiger partial charge in [0.25, 0.3) is 0 Å². The highest BCUT2D eigenvalue weighted by atomic mass is 16.1. The molecule has 4 rings (SSSR count). The summed E-state index contributed by atoms with van der Waals surface area (Å²) in [6, 6.07) is 15.8. The van der Waals surface area contributed by atoms with Gasteiger partial charge in [-0.05, 0) is 55.0 Å². The van der Waals surface area contributed by atoms with Crippen LogP contribution in [0.4, 0.5) is 17.1 Å². The van der Waals surface area contributed by atoms with Gasteiger partial charge in [0, 0.05) is 47.3 Å². The van der Waals surface area contributed by atoms with Crippen molar-refractivity contribution in [2.24, 2.45) is 0 Å². The lowest BCUT2D eigenvalue weighted by Crippen LogP contribution is -2.36. The lowest BCUT2D eigenvalue weighted by Gasteiger charge is -2.33. The van der Waals surface area contributed by atoms with Gasteiger partial charge >= 0.3 is 0 Å². The van der Waals surface area contributed by atoms with E-state index in [2.05, 4.69) is 33.4 Å². The van der Waals surface area contributed by atoms with Crippen molar-refractivity contribution in [3.8, 4) is 0 Å². The van der Waals surface area contributed by atoms with Crippen molar-refractivity contribution in [3.05, 3.63) is 60.3 Å². The summed E-state index contributed by atoms with van der Waals surface area (Å²) in [5, 5.41) is 4.53. The minimum Gasteiger partial charge on any atom is -0.371 e. The minimum absolute atomic E-state index is 0.676. The normalized spacial score (nSPS) is 13.7. The van der Waals surface area contributed by atoms with Crippen LogP contribution in [-0.2, 0) is 0 Å². The van der Waals surface area contributed by atoms with E-state index >= 15 is 0 Å². The average molecular weight is 303 g/mol. The van der Waals surface area contributed by atoms with E-state index in [1.165, 1.54) is 12.1 Å². The van der Waals surface area contributed by atoms with E-state index in [1.807, 2.05) is 36.5 Å². The molecule has 4 heteroatoms. The number of aromatic nitrogens is 1. The molecule has 1 aromatic heterocycles. The highest BCUT2D eigenvalue weighted by Crippen LogP contribution is 2.30. The predicted octanol–water partition coefficient (Wildman–Crippen LogP) is 4.00. The molecule has 114 valence electrons. The second kappa shape index (κ2) is 5.72. The Hall–Kier alpha value is -2.88. The number of nitrogens with one attached hydrogen (secondary N) is 1. The fourth-order valence-corrected chi connectivity index (χ4v) is 2.81. The molecule has 0 atom stereocenters. The van der Waals surface area contributed by atoms with Crippen molar-refractivity contribution >= 4 is 34.3 Å². The van der Waals surface area contributed by atoms with Gasteiger partial charge in [-0.15, -0.1) is 0 Å². The highest BCUT2D eigenvalue weighted by molar-refractivity contribution is 5.95. The fourth-order valence-electron chi connectivity index (χ4n) is 2.81. The predicted molar refractivity (Wildman–Crippen MR) is 93.7 cm³/mol. The molecule has 3 aromatic rings. The average Bonchev–Trinajstić information content (AvgIpc) is 2.54. The zero-order valence-corrected chi connectivity index (χ0v) is 12.7. The zero-order valence-electron chi connectivity index (χ0n) is 12.7. The molecule has 0 radical (unpaired) electrons. The number of nitrogens with zero attached hydrogens (tertiary/aromatic N) is 2. The number of hydrogen-bond donors (Lipinski definition) is 1. The summed E-state index contributed by atoms with van der Waals surface area (Å²) < 4.78 is 0. The molecule has 0 amide bonds. The van der Waals surface area contributed by atoms with Crippen molar-refractivity contribution in [1.82, 2.24) is 4.98 Å². The molecule has 2 aromatic carbocycles. The van der Waals surface area contributed by atoms with Crippen LogP contribution in [0.5, 0.6) is 0 Å². The molecule has 1 fully saturated rings. The Morgan fingerprint density at radius 3 is 2.57 bits per heavy atom. The number of fused-ring (bicyclic) bond motifs is 1. The Bertz CT molecular complexity index is 854. The van der Waals surface area contributed by atoms with Crippen LogP contribution in [0.25, 0.3) is 10.9 Å². The van der Waals surface area contributed by atoms with Crippen LogP contribution in [0.1, 0.15) is 16.8 Å². The van der Waals surface area contributed by atoms with Crippen LogP contribution in [0.15, 0.2) is 54.7 Å². The van der Waals surface area contributed by atoms with Gasteiger partial charge in [-0.1, -0.05) is 0 Å². The number of rotatable bonds is 4. The summed E-state index contributed by atoms with van der Waals surface area (Å²) >= 11 is 0. The number of hydrogen-bond acceptors (Lipinski definition) is 4. The molecule has 0 saturated carbocycles. The Kier molecular flexibility index (Phi) is 3.42. The molecule has 0 unspecified atom stereocenters. The van der Waals surface area contributed by atoms with E-state index in [0.717, 1.165) is 41.7 Å². The molecular formula is C19H17N3O. The third-order valence-corrected chi connectivity index (χ3v) is 4.27.